The van der Waals surface area contributed by atoms with Crippen molar-refractivity contribution in [3.63, 3.8) is 0 Å². The van der Waals surface area contributed by atoms with Gasteiger partial charge >= 0.3 is 0 Å². The predicted octanol–water partition coefficient (Wildman–Crippen LogP) is 5.28. The number of aryl methyl sites for hydroxylation is 1. The normalized spacial score (nSPS) is 12.4. The van der Waals surface area contributed by atoms with Gasteiger partial charge in [0.1, 0.15) is 0 Å². The first kappa shape index (κ1) is 13.1. The highest BCUT2D eigenvalue weighted by atomic mass is 127. The molecule has 2 aromatic carbocycles. The van der Waals surface area contributed by atoms with Gasteiger partial charge in [-0.15, -0.1) is 0 Å². The zero-order valence-corrected chi connectivity index (χ0v) is 13.4. The van der Waals surface area contributed by atoms with Crippen molar-refractivity contribution in [2.45, 2.75) is 18.2 Å². The van der Waals surface area contributed by atoms with E-state index in [0.717, 1.165) is 6.42 Å². The fraction of sp³-hybridized carbons (Fsp3) is 0.200. The third-order valence-corrected chi connectivity index (χ3v) is 5.11. The van der Waals surface area contributed by atoms with Crippen molar-refractivity contribution >= 4 is 38.5 Å². The van der Waals surface area contributed by atoms with Crippen molar-refractivity contribution < 1.29 is 0 Å². The summed E-state index contributed by atoms with van der Waals surface area (Å²) in [6.07, 6.45) is 1.03. The molecule has 0 aliphatic rings. The molecule has 0 bridgehead atoms. The molecule has 0 heterocycles. The van der Waals surface area contributed by atoms with Gasteiger partial charge in [0.25, 0.3) is 0 Å². The second kappa shape index (κ2) is 6.01. The first-order valence-electron chi connectivity index (χ1n) is 5.61. The van der Waals surface area contributed by atoms with E-state index in [-0.39, 0.29) is 0 Å². The minimum atomic E-state index is 0.386. The SMILES string of the molecule is Cc1cccc(C(Br)Cc2ccccc2)c1I. The van der Waals surface area contributed by atoms with Crippen LogP contribution in [0.15, 0.2) is 48.5 Å². The number of rotatable bonds is 3. The maximum atomic E-state index is 3.80. The van der Waals surface area contributed by atoms with E-state index >= 15 is 0 Å². The molecule has 0 aromatic heterocycles. The van der Waals surface area contributed by atoms with Gasteiger partial charge in [0.2, 0.25) is 0 Å². The van der Waals surface area contributed by atoms with Crippen molar-refractivity contribution in [2.75, 3.05) is 0 Å². The molecule has 0 N–H and O–H groups in total. The van der Waals surface area contributed by atoms with Crippen LogP contribution < -0.4 is 0 Å². The quantitative estimate of drug-likeness (QED) is 0.485. The van der Waals surface area contributed by atoms with Gasteiger partial charge in [-0.2, -0.15) is 0 Å². The first-order valence-corrected chi connectivity index (χ1v) is 7.61. The van der Waals surface area contributed by atoms with Crippen LogP contribution in [-0.2, 0) is 6.42 Å². The summed E-state index contributed by atoms with van der Waals surface area (Å²) >= 11 is 6.24. The smallest absolute Gasteiger partial charge is 0.0446 e. The van der Waals surface area contributed by atoms with E-state index in [1.54, 1.807) is 0 Å². The average molecular weight is 401 g/mol. The molecule has 0 nitrogen and oxygen atoms in total. The number of benzene rings is 2. The molecule has 0 saturated heterocycles. The van der Waals surface area contributed by atoms with Crippen molar-refractivity contribution in [2.24, 2.45) is 0 Å². The molecule has 1 unspecified atom stereocenters. The summed E-state index contributed by atoms with van der Waals surface area (Å²) < 4.78 is 1.36. The summed E-state index contributed by atoms with van der Waals surface area (Å²) in [5.74, 6) is 0. The van der Waals surface area contributed by atoms with Crippen LogP contribution in [-0.4, -0.2) is 0 Å². The maximum absolute atomic E-state index is 3.80. The Kier molecular flexibility index (Phi) is 4.62. The summed E-state index contributed by atoms with van der Waals surface area (Å²) in [5.41, 5.74) is 4.10. The lowest BCUT2D eigenvalue weighted by Gasteiger charge is -2.13. The van der Waals surface area contributed by atoms with Crippen molar-refractivity contribution in [1.82, 2.24) is 0 Å². The molecular formula is C15H14BrI. The molecule has 0 fully saturated rings. The Morgan fingerprint density at radius 3 is 2.47 bits per heavy atom. The highest BCUT2D eigenvalue weighted by Gasteiger charge is 2.12. The number of alkyl halides is 1. The molecule has 2 heteroatoms. The molecule has 88 valence electrons. The number of hydrogen-bond acceptors (Lipinski definition) is 0. The van der Waals surface area contributed by atoms with Crippen LogP contribution >= 0.6 is 38.5 Å². The Hall–Kier alpha value is -0.350. The van der Waals surface area contributed by atoms with E-state index in [1.165, 1.54) is 20.3 Å². The topological polar surface area (TPSA) is 0 Å². The molecule has 0 radical (unpaired) electrons. The van der Waals surface area contributed by atoms with E-state index in [4.69, 9.17) is 0 Å². The van der Waals surface area contributed by atoms with Crippen LogP contribution in [0.2, 0.25) is 0 Å². The summed E-state index contributed by atoms with van der Waals surface area (Å²) in [7, 11) is 0. The van der Waals surface area contributed by atoms with E-state index in [0.29, 0.717) is 4.83 Å². The molecule has 0 saturated carbocycles. The molecule has 0 aliphatic heterocycles. The van der Waals surface area contributed by atoms with E-state index in [9.17, 15) is 0 Å². The summed E-state index contributed by atoms with van der Waals surface area (Å²) in [4.78, 5) is 0.386. The van der Waals surface area contributed by atoms with Crippen LogP contribution in [0.1, 0.15) is 21.5 Å². The van der Waals surface area contributed by atoms with Gasteiger partial charge in [-0.25, -0.2) is 0 Å². The molecule has 2 rings (SSSR count). The fourth-order valence-corrected chi connectivity index (χ4v) is 3.76. The second-order valence-electron chi connectivity index (χ2n) is 4.14. The van der Waals surface area contributed by atoms with Crippen LogP contribution in [0.3, 0.4) is 0 Å². The number of halogens is 2. The van der Waals surface area contributed by atoms with Gasteiger partial charge < -0.3 is 0 Å². The Balaban J connectivity index is 2.20. The highest BCUT2D eigenvalue weighted by molar-refractivity contribution is 14.1. The lowest BCUT2D eigenvalue weighted by Crippen LogP contribution is -1.99. The average Bonchev–Trinajstić information content (AvgIpc) is 2.34. The van der Waals surface area contributed by atoms with Gasteiger partial charge in [0, 0.05) is 8.40 Å². The predicted molar refractivity (Wildman–Crippen MR) is 85.7 cm³/mol. The standard InChI is InChI=1S/C15H14BrI/c1-11-6-5-9-13(15(11)17)14(16)10-12-7-3-2-4-8-12/h2-9,14H,10H2,1H3. The Morgan fingerprint density at radius 1 is 1.06 bits per heavy atom. The van der Waals surface area contributed by atoms with E-state index < -0.39 is 0 Å². The summed E-state index contributed by atoms with van der Waals surface area (Å²) in [6, 6.07) is 17.1. The third kappa shape index (κ3) is 3.32. The Bertz CT molecular complexity index is 494. The molecule has 1 atom stereocenters. The minimum Gasteiger partial charge on any atom is -0.0835 e. The van der Waals surface area contributed by atoms with Gasteiger partial charge in [-0.05, 0) is 52.6 Å². The van der Waals surface area contributed by atoms with Gasteiger partial charge in [-0.1, -0.05) is 64.5 Å². The van der Waals surface area contributed by atoms with Crippen LogP contribution in [0.25, 0.3) is 0 Å². The lowest BCUT2D eigenvalue weighted by molar-refractivity contribution is 0.940. The fourth-order valence-electron chi connectivity index (χ4n) is 1.84. The van der Waals surface area contributed by atoms with Gasteiger partial charge in [0.05, 0.1) is 0 Å². The zero-order valence-electron chi connectivity index (χ0n) is 9.66. The van der Waals surface area contributed by atoms with Crippen molar-refractivity contribution in [3.8, 4) is 0 Å². The summed E-state index contributed by atoms with van der Waals surface area (Å²) in [6.45, 7) is 2.16. The van der Waals surface area contributed by atoms with E-state index in [1.807, 2.05) is 0 Å². The minimum absolute atomic E-state index is 0.386. The van der Waals surface area contributed by atoms with Gasteiger partial charge in [-0.3, -0.25) is 0 Å². The Labute approximate surface area is 125 Å². The third-order valence-electron chi connectivity index (χ3n) is 2.82. The molecule has 0 aliphatic carbocycles. The molecular weight excluding hydrogens is 387 g/mol. The second-order valence-corrected chi connectivity index (χ2v) is 6.32. The van der Waals surface area contributed by atoms with Crippen LogP contribution in [0.5, 0.6) is 0 Å². The van der Waals surface area contributed by atoms with E-state index in [2.05, 4.69) is 94.0 Å². The van der Waals surface area contributed by atoms with Crippen LogP contribution in [0.4, 0.5) is 0 Å². The monoisotopic (exact) mass is 400 g/mol. The molecule has 0 amide bonds. The van der Waals surface area contributed by atoms with Gasteiger partial charge in [0.15, 0.2) is 0 Å². The molecule has 2 aromatic rings. The number of hydrogen-bond donors (Lipinski definition) is 0. The van der Waals surface area contributed by atoms with Crippen LogP contribution in [0, 0.1) is 10.5 Å². The molecule has 0 spiro atoms. The van der Waals surface area contributed by atoms with Crippen molar-refractivity contribution in [1.29, 1.82) is 0 Å². The largest absolute Gasteiger partial charge is 0.0835 e. The first-order chi connectivity index (χ1) is 8.18. The lowest BCUT2D eigenvalue weighted by atomic mass is 10.0. The summed E-state index contributed by atoms with van der Waals surface area (Å²) in [5, 5.41) is 0. The zero-order chi connectivity index (χ0) is 12.3. The maximum Gasteiger partial charge on any atom is 0.0446 e. The molecule has 17 heavy (non-hydrogen) atoms. The van der Waals surface area contributed by atoms with Crippen molar-refractivity contribution in [3.05, 3.63) is 68.8 Å². The highest BCUT2D eigenvalue weighted by Crippen LogP contribution is 2.31. The Morgan fingerprint density at radius 2 is 1.76 bits per heavy atom.